The molecule has 2 aromatic heterocycles. The molecule has 0 amide bonds. The van der Waals surface area contributed by atoms with Crippen LogP contribution in [0.15, 0.2) is 28.9 Å². The summed E-state index contributed by atoms with van der Waals surface area (Å²) in [6.07, 6.45) is 2.67. The maximum absolute atomic E-state index is 12.0. The minimum Gasteiger partial charge on any atom is -0.263 e. The molecule has 2 heterocycles. The van der Waals surface area contributed by atoms with Crippen molar-refractivity contribution in [1.82, 2.24) is 14.7 Å². The van der Waals surface area contributed by atoms with Crippen molar-refractivity contribution in [2.45, 2.75) is 18.4 Å². The van der Waals surface area contributed by atoms with Crippen LogP contribution in [0.3, 0.4) is 0 Å². The van der Waals surface area contributed by atoms with Gasteiger partial charge in [-0.15, -0.1) is 11.3 Å². The van der Waals surface area contributed by atoms with Crippen molar-refractivity contribution in [1.29, 1.82) is 0 Å². The zero-order valence-corrected chi connectivity index (χ0v) is 11.8. The van der Waals surface area contributed by atoms with Gasteiger partial charge in [0.1, 0.15) is 4.90 Å². The van der Waals surface area contributed by atoms with Gasteiger partial charge in [0.15, 0.2) is 0 Å². The van der Waals surface area contributed by atoms with Gasteiger partial charge in [0, 0.05) is 23.8 Å². The summed E-state index contributed by atoms with van der Waals surface area (Å²) in [5, 5.41) is 0.151. The number of halogens is 1. The number of aromatic nitrogens is 2. The molecule has 0 unspecified atom stereocenters. The summed E-state index contributed by atoms with van der Waals surface area (Å²) in [6, 6.07) is 1.44. The van der Waals surface area contributed by atoms with E-state index in [1.807, 2.05) is 6.92 Å². The zero-order valence-electron chi connectivity index (χ0n) is 9.42. The lowest BCUT2D eigenvalue weighted by atomic mass is 10.4. The van der Waals surface area contributed by atoms with Crippen LogP contribution in [0, 0.1) is 6.92 Å². The molecule has 18 heavy (non-hydrogen) atoms. The van der Waals surface area contributed by atoms with Crippen LogP contribution in [0.2, 0.25) is 5.02 Å². The Kier molecular flexibility index (Phi) is 3.96. The van der Waals surface area contributed by atoms with E-state index in [0.29, 0.717) is 0 Å². The first-order valence-electron chi connectivity index (χ1n) is 4.99. The van der Waals surface area contributed by atoms with Crippen molar-refractivity contribution < 1.29 is 8.42 Å². The van der Waals surface area contributed by atoms with Crippen molar-refractivity contribution in [3.63, 3.8) is 0 Å². The highest BCUT2D eigenvalue weighted by atomic mass is 35.5. The molecule has 0 fully saturated rings. The highest BCUT2D eigenvalue weighted by Crippen LogP contribution is 2.20. The molecular formula is C10H10ClN3O2S2. The highest BCUT2D eigenvalue weighted by molar-refractivity contribution is 7.89. The van der Waals surface area contributed by atoms with Crippen molar-refractivity contribution in [3.8, 4) is 0 Å². The van der Waals surface area contributed by atoms with Crippen LogP contribution in [0.5, 0.6) is 0 Å². The molecular weight excluding hydrogens is 294 g/mol. The maximum Gasteiger partial charge on any atom is 0.243 e. The van der Waals surface area contributed by atoms with Crippen molar-refractivity contribution >= 4 is 33.0 Å². The van der Waals surface area contributed by atoms with Crippen LogP contribution in [0.25, 0.3) is 0 Å². The third-order valence-electron chi connectivity index (χ3n) is 2.29. The number of pyridine rings is 1. The van der Waals surface area contributed by atoms with E-state index in [-0.39, 0.29) is 16.5 Å². The number of aryl methyl sites for hydroxylation is 1. The number of hydrogen-bond donors (Lipinski definition) is 1. The Morgan fingerprint density at radius 3 is 2.89 bits per heavy atom. The highest BCUT2D eigenvalue weighted by Gasteiger charge is 2.18. The van der Waals surface area contributed by atoms with E-state index in [1.165, 1.54) is 29.8 Å². The van der Waals surface area contributed by atoms with Crippen molar-refractivity contribution in [2.75, 3.05) is 0 Å². The van der Waals surface area contributed by atoms with Crippen LogP contribution >= 0.6 is 22.9 Å². The van der Waals surface area contributed by atoms with Gasteiger partial charge in [0.05, 0.1) is 16.2 Å². The average Bonchev–Trinajstić information content (AvgIpc) is 2.73. The second kappa shape index (κ2) is 5.31. The summed E-state index contributed by atoms with van der Waals surface area (Å²) in [7, 11) is -3.65. The van der Waals surface area contributed by atoms with Gasteiger partial charge in [-0.05, 0) is 13.0 Å². The van der Waals surface area contributed by atoms with E-state index in [2.05, 4.69) is 14.7 Å². The Labute approximate surface area is 114 Å². The quantitative estimate of drug-likeness (QED) is 0.937. The number of nitrogens with one attached hydrogen (secondary N) is 1. The van der Waals surface area contributed by atoms with E-state index in [0.717, 1.165) is 10.6 Å². The Hall–Kier alpha value is -1.02. The zero-order chi connectivity index (χ0) is 13.2. The third-order valence-corrected chi connectivity index (χ3v) is 5.10. The Morgan fingerprint density at radius 2 is 2.28 bits per heavy atom. The summed E-state index contributed by atoms with van der Waals surface area (Å²) in [5.41, 5.74) is 2.50. The van der Waals surface area contributed by atoms with Gasteiger partial charge in [-0.25, -0.2) is 18.1 Å². The Balaban J connectivity index is 2.19. The van der Waals surface area contributed by atoms with Crippen LogP contribution < -0.4 is 4.72 Å². The molecule has 2 aromatic rings. The minimum absolute atomic E-state index is 0.0196. The summed E-state index contributed by atoms with van der Waals surface area (Å²) < 4.78 is 26.5. The standard InChI is InChI=1S/C10H10ClN3O2S2/c1-7-9(17-6-13-7)4-14-18(15,16)10-5-12-3-2-8(10)11/h2-3,5-6,14H,4H2,1H3. The molecule has 0 bridgehead atoms. The van der Waals surface area contributed by atoms with Crippen molar-refractivity contribution in [2.24, 2.45) is 0 Å². The molecule has 2 rings (SSSR count). The lowest BCUT2D eigenvalue weighted by Crippen LogP contribution is -2.23. The summed E-state index contributed by atoms with van der Waals surface area (Å²) in [6.45, 7) is 2.03. The molecule has 0 atom stereocenters. The lowest BCUT2D eigenvalue weighted by Gasteiger charge is -2.06. The number of thiazole rings is 1. The molecule has 5 nitrogen and oxygen atoms in total. The van der Waals surface area contributed by atoms with Crippen LogP contribution in [0.1, 0.15) is 10.6 Å². The van der Waals surface area contributed by atoms with E-state index in [9.17, 15) is 8.42 Å². The third kappa shape index (κ3) is 2.86. The van der Waals surface area contributed by atoms with Gasteiger partial charge in [-0.2, -0.15) is 0 Å². The monoisotopic (exact) mass is 303 g/mol. The first-order chi connectivity index (χ1) is 8.50. The van der Waals surface area contributed by atoms with E-state index < -0.39 is 10.0 Å². The fraction of sp³-hybridized carbons (Fsp3) is 0.200. The molecule has 0 aromatic carbocycles. The van der Waals surface area contributed by atoms with Gasteiger partial charge in [-0.1, -0.05) is 11.6 Å². The Bertz CT molecular complexity index is 655. The molecule has 0 aliphatic carbocycles. The first kappa shape index (κ1) is 13.4. The van der Waals surface area contributed by atoms with E-state index >= 15 is 0 Å². The van der Waals surface area contributed by atoms with Crippen LogP contribution in [-0.2, 0) is 16.6 Å². The van der Waals surface area contributed by atoms with E-state index in [4.69, 9.17) is 11.6 Å². The summed E-state index contributed by atoms with van der Waals surface area (Å²) >= 11 is 7.23. The molecule has 1 N–H and O–H groups in total. The Morgan fingerprint density at radius 1 is 1.50 bits per heavy atom. The van der Waals surface area contributed by atoms with Gasteiger partial charge in [-0.3, -0.25) is 4.98 Å². The van der Waals surface area contributed by atoms with Gasteiger partial charge in [0.2, 0.25) is 10.0 Å². The fourth-order valence-corrected chi connectivity index (χ4v) is 3.53. The lowest BCUT2D eigenvalue weighted by molar-refractivity contribution is 0.581. The molecule has 0 radical (unpaired) electrons. The number of nitrogens with zero attached hydrogens (tertiary/aromatic N) is 2. The molecule has 0 spiro atoms. The first-order valence-corrected chi connectivity index (χ1v) is 7.73. The van der Waals surface area contributed by atoms with Gasteiger partial charge in [0.25, 0.3) is 0 Å². The van der Waals surface area contributed by atoms with Crippen LogP contribution in [-0.4, -0.2) is 18.4 Å². The molecule has 0 aliphatic heterocycles. The number of hydrogen-bond acceptors (Lipinski definition) is 5. The second-order valence-corrected chi connectivity index (χ2v) is 6.57. The molecule has 0 saturated carbocycles. The molecule has 8 heteroatoms. The smallest absolute Gasteiger partial charge is 0.243 e. The van der Waals surface area contributed by atoms with Crippen molar-refractivity contribution in [3.05, 3.63) is 39.6 Å². The van der Waals surface area contributed by atoms with Gasteiger partial charge < -0.3 is 0 Å². The predicted molar refractivity (Wildman–Crippen MR) is 70.1 cm³/mol. The maximum atomic E-state index is 12.0. The molecule has 0 saturated heterocycles. The number of rotatable bonds is 4. The fourth-order valence-electron chi connectivity index (χ4n) is 1.29. The average molecular weight is 304 g/mol. The van der Waals surface area contributed by atoms with Crippen LogP contribution in [0.4, 0.5) is 0 Å². The predicted octanol–water partition coefficient (Wildman–Crippen LogP) is 1.98. The number of sulfonamides is 1. The summed E-state index contributed by atoms with van der Waals surface area (Å²) in [5.74, 6) is 0. The second-order valence-electron chi connectivity index (χ2n) is 3.49. The normalized spacial score (nSPS) is 11.7. The van der Waals surface area contributed by atoms with Gasteiger partial charge >= 0.3 is 0 Å². The SMILES string of the molecule is Cc1ncsc1CNS(=O)(=O)c1cnccc1Cl. The van der Waals surface area contributed by atoms with E-state index in [1.54, 1.807) is 5.51 Å². The largest absolute Gasteiger partial charge is 0.263 e. The summed E-state index contributed by atoms with van der Waals surface area (Å²) in [4.78, 5) is 8.67. The topological polar surface area (TPSA) is 72.0 Å². The molecule has 0 aliphatic rings. The molecule has 96 valence electrons. The minimum atomic E-state index is -3.65.